The zero-order valence-electron chi connectivity index (χ0n) is 9.89. The third-order valence-corrected chi connectivity index (χ3v) is 2.33. The number of carboxylic acid groups (broad SMARTS) is 1. The molecule has 98 valence electrons. The second-order valence-electron chi connectivity index (χ2n) is 3.89. The number of hydrogen-bond donors (Lipinski definition) is 1. The Bertz CT molecular complexity index is 417. The fourth-order valence-electron chi connectivity index (χ4n) is 1.48. The number of ether oxygens (including phenoxy) is 1. The van der Waals surface area contributed by atoms with Gasteiger partial charge in [-0.2, -0.15) is 0 Å². The van der Waals surface area contributed by atoms with Gasteiger partial charge in [-0.05, 0) is 31.4 Å². The minimum atomic E-state index is -0.809. The second kappa shape index (κ2) is 7.42. The van der Waals surface area contributed by atoms with Crippen LogP contribution in [-0.2, 0) is 4.79 Å². The SMILES string of the molecule is O=Cc1cc(F)cc(OCCCCCC(=O)O)c1. The molecule has 0 aliphatic heterocycles. The maximum atomic E-state index is 13.0. The van der Waals surface area contributed by atoms with Crippen LogP contribution < -0.4 is 4.74 Å². The molecule has 0 saturated heterocycles. The van der Waals surface area contributed by atoms with Crippen LogP contribution in [0.3, 0.4) is 0 Å². The normalized spacial score (nSPS) is 10.1. The van der Waals surface area contributed by atoms with E-state index >= 15 is 0 Å². The van der Waals surface area contributed by atoms with Gasteiger partial charge < -0.3 is 9.84 Å². The highest BCUT2D eigenvalue weighted by atomic mass is 19.1. The first-order valence-corrected chi connectivity index (χ1v) is 5.72. The number of hydrogen-bond acceptors (Lipinski definition) is 3. The number of carbonyl (C=O) groups excluding carboxylic acids is 1. The van der Waals surface area contributed by atoms with Gasteiger partial charge in [-0.1, -0.05) is 0 Å². The summed E-state index contributed by atoms with van der Waals surface area (Å²) < 4.78 is 18.3. The van der Waals surface area contributed by atoms with Crippen molar-refractivity contribution in [2.45, 2.75) is 25.7 Å². The van der Waals surface area contributed by atoms with Gasteiger partial charge >= 0.3 is 5.97 Å². The summed E-state index contributed by atoms with van der Waals surface area (Å²) in [4.78, 5) is 20.8. The van der Waals surface area contributed by atoms with Gasteiger partial charge in [0.05, 0.1) is 6.61 Å². The van der Waals surface area contributed by atoms with Crippen LogP contribution in [0.25, 0.3) is 0 Å². The van der Waals surface area contributed by atoms with E-state index in [4.69, 9.17) is 9.84 Å². The maximum absolute atomic E-state index is 13.0. The number of aliphatic carboxylic acids is 1. The Balaban J connectivity index is 2.28. The van der Waals surface area contributed by atoms with Crippen molar-refractivity contribution in [2.75, 3.05) is 6.61 Å². The van der Waals surface area contributed by atoms with Crippen molar-refractivity contribution >= 4 is 12.3 Å². The topological polar surface area (TPSA) is 63.6 Å². The molecular formula is C13H15FO4. The molecule has 0 aromatic heterocycles. The van der Waals surface area contributed by atoms with Crippen LogP contribution in [0.15, 0.2) is 18.2 Å². The predicted molar refractivity (Wildman–Crippen MR) is 63.4 cm³/mol. The lowest BCUT2D eigenvalue weighted by Crippen LogP contribution is -2.00. The number of carboxylic acids is 1. The molecule has 0 bridgehead atoms. The molecule has 1 aromatic rings. The third-order valence-electron chi connectivity index (χ3n) is 2.33. The fraction of sp³-hybridized carbons (Fsp3) is 0.385. The molecule has 0 aliphatic carbocycles. The number of benzene rings is 1. The lowest BCUT2D eigenvalue weighted by Gasteiger charge is -2.06. The van der Waals surface area contributed by atoms with Gasteiger partial charge in [0.15, 0.2) is 0 Å². The van der Waals surface area contributed by atoms with Crippen LogP contribution in [0.1, 0.15) is 36.0 Å². The first-order valence-electron chi connectivity index (χ1n) is 5.72. The summed E-state index contributed by atoms with van der Waals surface area (Å²) in [7, 11) is 0. The minimum Gasteiger partial charge on any atom is -0.493 e. The van der Waals surface area contributed by atoms with Gasteiger partial charge in [0, 0.05) is 18.1 Å². The number of aldehydes is 1. The van der Waals surface area contributed by atoms with Crippen molar-refractivity contribution in [2.24, 2.45) is 0 Å². The number of rotatable bonds is 8. The summed E-state index contributed by atoms with van der Waals surface area (Å²) >= 11 is 0. The van der Waals surface area contributed by atoms with E-state index in [-0.39, 0.29) is 12.0 Å². The van der Waals surface area contributed by atoms with Gasteiger partial charge in [0.1, 0.15) is 17.9 Å². The van der Waals surface area contributed by atoms with E-state index in [9.17, 15) is 14.0 Å². The zero-order chi connectivity index (χ0) is 13.4. The number of halogens is 1. The molecule has 0 heterocycles. The van der Waals surface area contributed by atoms with Crippen molar-refractivity contribution < 1.29 is 23.8 Å². The van der Waals surface area contributed by atoms with Crippen LogP contribution in [-0.4, -0.2) is 24.0 Å². The summed E-state index contributed by atoms with van der Waals surface area (Å²) in [5.41, 5.74) is 0.232. The lowest BCUT2D eigenvalue weighted by molar-refractivity contribution is -0.137. The van der Waals surface area contributed by atoms with E-state index in [2.05, 4.69) is 0 Å². The van der Waals surface area contributed by atoms with Crippen molar-refractivity contribution in [3.63, 3.8) is 0 Å². The molecule has 0 amide bonds. The summed E-state index contributed by atoms with van der Waals surface area (Å²) in [6.07, 6.45) is 2.74. The van der Waals surface area contributed by atoms with Crippen molar-refractivity contribution in [3.8, 4) is 5.75 Å². The van der Waals surface area contributed by atoms with Crippen molar-refractivity contribution in [1.29, 1.82) is 0 Å². The molecular weight excluding hydrogens is 239 g/mol. The van der Waals surface area contributed by atoms with Gasteiger partial charge in [0.25, 0.3) is 0 Å². The van der Waals surface area contributed by atoms with Crippen LogP contribution in [0, 0.1) is 5.82 Å². The van der Waals surface area contributed by atoms with Gasteiger partial charge in [-0.15, -0.1) is 0 Å². The minimum absolute atomic E-state index is 0.148. The Labute approximate surface area is 104 Å². The molecule has 1 rings (SSSR count). The maximum Gasteiger partial charge on any atom is 0.303 e. The van der Waals surface area contributed by atoms with Crippen molar-refractivity contribution in [3.05, 3.63) is 29.6 Å². The standard InChI is InChI=1S/C13H15FO4/c14-11-6-10(9-15)7-12(8-11)18-5-3-1-2-4-13(16)17/h6-9H,1-5H2,(H,16,17). The fourth-order valence-corrected chi connectivity index (χ4v) is 1.48. The highest BCUT2D eigenvalue weighted by Gasteiger charge is 2.01. The average Bonchev–Trinajstić information content (AvgIpc) is 2.32. The molecule has 0 aliphatic rings. The smallest absolute Gasteiger partial charge is 0.303 e. The molecule has 0 fully saturated rings. The summed E-state index contributed by atoms with van der Waals surface area (Å²) in [5.74, 6) is -1.01. The van der Waals surface area contributed by atoms with E-state index in [0.717, 1.165) is 12.5 Å². The van der Waals surface area contributed by atoms with Gasteiger partial charge in [-0.3, -0.25) is 9.59 Å². The molecule has 1 N–H and O–H groups in total. The van der Waals surface area contributed by atoms with Crippen LogP contribution >= 0.6 is 0 Å². The number of carbonyl (C=O) groups is 2. The van der Waals surface area contributed by atoms with E-state index in [1.54, 1.807) is 0 Å². The molecule has 0 saturated carbocycles. The molecule has 4 nitrogen and oxygen atoms in total. The molecule has 0 unspecified atom stereocenters. The second-order valence-corrected chi connectivity index (χ2v) is 3.89. The highest BCUT2D eigenvalue weighted by Crippen LogP contribution is 2.15. The van der Waals surface area contributed by atoms with E-state index < -0.39 is 11.8 Å². The first-order chi connectivity index (χ1) is 8.61. The Morgan fingerprint density at radius 1 is 1.28 bits per heavy atom. The summed E-state index contributed by atoms with van der Waals surface area (Å²) in [6, 6.07) is 3.81. The highest BCUT2D eigenvalue weighted by molar-refractivity contribution is 5.75. The monoisotopic (exact) mass is 254 g/mol. The molecule has 5 heteroatoms. The van der Waals surface area contributed by atoms with E-state index in [0.29, 0.717) is 31.5 Å². The van der Waals surface area contributed by atoms with Gasteiger partial charge in [-0.25, -0.2) is 4.39 Å². The molecule has 0 radical (unpaired) electrons. The van der Waals surface area contributed by atoms with Crippen LogP contribution in [0.4, 0.5) is 4.39 Å². The molecule has 18 heavy (non-hydrogen) atoms. The predicted octanol–water partition coefficient (Wildman–Crippen LogP) is 2.66. The number of unbranched alkanes of at least 4 members (excludes halogenated alkanes) is 2. The first kappa shape index (κ1) is 14.2. The Morgan fingerprint density at radius 2 is 2.06 bits per heavy atom. The van der Waals surface area contributed by atoms with E-state index in [1.807, 2.05) is 0 Å². The molecule has 0 spiro atoms. The molecule has 1 aromatic carbocycles. The summed E-state index contributed by atoms with van der Waals surface area (Å²) in [6.45, 7) is 0.376. The Hall–Kier alpha value is -1.91. The molecule has 0 atom stereocenters. The largest absolute Gasteiger partial charge is 0.493 e. The van der Waals surface area contributed by atoms with Crippen LogP contribution in [0.5, 0.6) is 5.75 Å². The Morgan fingerprint density at radius 3 is 2.72 bits per heavy atom. The quantitative estimate of drug-likeness (QED) is 0.572. The van der Waals surface area contributed by atoms with Crippen molar-refractivity contribution in [1.82, 2.24) is 0 Å². The third kappa shape index (κ3) is 5.43. The summed E-state index contributed by atoms with van der Waals surface area (Å²) in [5, 5.41) is 8.43. The van der Waals surface area contributed by atoms with E-state index in [1.165, 1.54) is 12.1 Å². The van der Waals surface area contributed by atoms with Crippen LogP contribution in [0.2, 0.25) is 0 Å². The zero-order valence-corrected chi connectivity index (χ0v) is 9.89. The van der Waals surface area contributed by atoms with Gasteiger partial charge in [0.2, 0.25) is 0 Å². The Kier molecular flexibility index (Phi) is 5.84. The average molecular weight is 254 g/mol. The lowest BCUT2D eigenvalue weighted by atomic mass is 10.2.